The molecule has 0 radical (unpaired) electrons. The van der Waals surface area contributed by atoms with Crippen LogP contribution < -0.4 is 15.5 Å². The summed E-state index contributed by atoms with van der Waals surface area (Å²) in [5, 5.41) is 6.24. The van der Waals surface area contributed by atoms with Gasteiger partial charge >= 0.3 is 0 Å². The van der Waals surface area contributed by atoms with E-state index in [0.717, 1.165) is 37.3 Å². The molecule has 19 heavy (non-hydrogen) atoms. The van der Waals surface area contributed by atoms with Crippen molar-refractivity contribution in [2.24, 2.45) is 0 Å². The molecule has 2 N–H and O–H groups in total. The normalized spacial score (nSPS) is 19.2. The molecule has 5 nitrogen and oxygen atoms in total. The lowest BCUT2D eigenvalue weighted by Crippen LogP contribution is -2.55. The maximum atomic E-state index is 11.9. The van der Waals surface area contributed by atoms with Crippen molar-refractivity contribution in [1.82, 2.24) is 10.3 Å². The summed E-state index contributed by atoms with van der Waals surface area (Å²) in [6, 6.07) is 1.99. The minimum Gasteiger partial charge on any atom is -0.384 e. The van der Waals surface area contributed by atoms with Crippen LogP contribution in [0.5, 0.6) is 0 Å². The number of aromatic nitrogens is 1. The second kappa shape index (κ2) is 6.41. The Kier molecular flexibility index (Phi) is 4.60. The Morgan fingerprint density at radius 3 is 3.05 bits per heavy atom. The van der Waals surface area contributed by atoms with Gasteiger partial charge in [0.2, 0.25) is 5.91 Å². The molecule has 2 rings (SSSR count). The van der Waals surface area contributed by atoms with Gasteiger partial charge in [-0.1, -0.05) is 13.8 Å². The first kappa shape index (κ1) is 13.6. The second-order valence-corrected chi connectivity index (χ2v) is 4.77. The molecule has 1 aromatic heterocycles. The molecule has 104 valence electrons. The van der Waals surface area contributed by atoms with E-state index in [1.54, 1.807) is 0 Å². The molecular formula is C14H22N4O. The third-order valence-corrected chi connectivity index (χ3v) is 3.35. The highest BCUT2D eigenvalue weighted by Gasteiger charge is 2.28. The van der Waals surface area contributed by atoms with Crippen molar-refractivity contribution >= 4 is 17.3 Å². The van der Waals surface area contributed by atoms with Crippen molar-refractivity contribution in [3.8, 4) is 0 Å². The number of anilines is 2. The van der Waals surface area contributed by atoms with Gasteiger partial charge in [0.1, 0.15) is 6.04 Å². The van der Waals surface area contributed by atoms with Gasteiger partial charge < -0.3 is 15.5 Å². The van der Waals surface area contributed by atoms with Crippen LogP contribution in [0.4, 0.5) is 11.4 Å². The Bertz CT molecular complexity index is 435. The van der Waals surface area contributed by atoms with Crippen molar-refractivity contribution in [2.45, 2.75) is 32.7 Å². The Morgan fingerprint density at radius 1 is 1.47 bits per heavy atom. The summed E-state index contributed by atoms with van der Waals surface area (Å²) in [6.45, 7) is 6.63. The van der Waals surface area contributed by atoms with Crippen LogP contribution in [0.3, 0.4) is 0 Å². The number of amides is 1. The number of pyridine rings is 1. The first-order valence-corrected chi connectivity index (χ1v) is 6.99. The van der Waals surface area contributed by atoms with Crippen LogP contribution in [0.25, 0.3) is 0 Å². The molecule has 1 fully saturated rings. The lowest BCUT2D eigenvalue weighted by Gasteiger charge is -2.36. The highest BCUT2D eigenvalue weighted by molar-refractivity contribution is 5.86. The van der Waals surface area contributed by atoms with Crippen molar-refractivity contribution in [2.75, 3.05) is 29.9 Å². The topological polar surface area (TPSA) is 57.3 Å². The van der Waals surface area contributed by atoms with Crippen molar-refractivity contribution < 1.29 is 4.79 Å². The number of piperazine rings is 1. The Labute approximate surface area is 114 Å². The zero-order valence-corrected chi connectivity index (χ0v) is 11.6. The summed E-state index contributed by atoms with van der Waals surface area (Å²) in [6.07, 6.45) is 5.54. The largest absolute Gasteiger partial charge is 0.384 e. The summed E-state index contributed by atoms with van der Waals surface area (Å²) in [4.78, 5) is 18.3. The van der Waals surface area contributed by atoms with Gasteiger partial charge in [0.15, 0.2) is 0 Å². The average molecular weight is 262 g/mol. The molecule has 2 heterocycles. The van der Waals surface area contributed by atoms with E-state index < -0.39 is 0 Å². The van der Waals surface area contributed by atoms with E-state index in [1.165, 1.54) is 0 Å². The highest BCUT2D eigenvalue weighted by Crippen LogP contribution is 2.22. The number of nitrogens with one attached hydrogen (secondary N) is 2. The van der Waals surface area contributed by atoms with E-state index >= 15 is 0 Å². The van der Waals surface area contributed by atoms with Gasteiger partial charge in [0, 0.05) is 19.6 Å². The van der Waals surface area contributed by atoms with Gasteiger partial charge in [0.05, 0.1) is 23.8 Å². The maximum absolute atomic E-state index is 11.9. The summed E-state index contributed by atoms with van der Waals surface area (Å²) in [5.74, 6) is 0.112. The molecule has 0 saturated carbocycles. The summed E-state index contributed by atoms with van der Waals surface area (Å²) in [7, 11) is 0. The van der Waals surface area contributed by atoms with Gasteiger partial charge in [-0.05, 0) is 18.9 Å². The van der Waals surface area contributed by atoms with E-state index in [1.807, 2.05) is 19.3 Å². The third kappa shape index (κ3) is 3.16. The summed E-state index contributed by atoms with van der Waals surface area (Å²) < 4.78 is 0. The van der Waals surface area contributed by atoms with E-state index in [-0.39, 0.29) is 11.9 Å². The molecule has 1 amide bonds. The zero-order chi connectivity index (χ0) is 13.7. The number of hydrogen-bond donors (Lipinski definition) is 2. The van der Waals surface area contributed by atoms with Crippen LogP contribution in [0.15, 0.2) is 18.5 Å². The van der Waals surface area contributed by atoms with Crippen molar-refractivity contribution in [1.29, 1.82) is 0 Å². The van der Waals surface area contributed by atoms with Crippen LogP contribution in [0.1, 0.15) is 26.7 Å². The third-order valence-electron chi connectivity index (χ3n) is 3.35. The molecule has 0 bridgehead atoms. The molecule has 1 aliphatic rings. The van der Waals surface area contributed by atoms with Gasteiger partial charge in [-0.2, -0.15) is 0 Å². The number of carbonyl (C=O) groups is 1. The summed E-state index contributed by atoms with van der Waals surface area (Å²) in [5.41, 5.74) is 2.03. The molecular weight excluding hydrogens is 240 g/mol. The fourth-order valence-corrected chi connectivity index (χ4v) is 2.38. The predicted molar refractivity (Wildman–Crippen MR) is 77.5 cm³/mol. The molecule has 1 atom stereocenters. The Balaban J connectivity index is 2.17. The molecule has 1 unspecified atom stereocenters. The molecule has 1 aliphatic heterocycles. The fraction of sp³-hybridized carbons (Fsp3) is 0.571. The van der Waals surface area contributed by atoms with Crippen molar-refractivity contribution in [3.63, 3.8) is 0 Å². The minimum absolute atomic E-state index is 0.0861. The standard InChI is InChI=1S/C14H22N4O/c1-3-5-16-11-8-12(10-15-9-11)18-7-6-17-14(19)13(18)4-2/h8-10,13,16H,3-7H2,1-2H3,(H,17,19). The van der Waals surface area contributed by atoms with Gasteiger partial charge in [0.25, 0.3) is 0 Å². The lowest BCUT2D eigenvalue weighted by atomic mass is 10.1. The fourth-order valence-electron chi connectivity index (χ4n) is 2.38. The minimum atomic E-state index is -0.0861. The molecule has 1 aromatic rings. The predicted octanol–water partition coefficient (Wildman–Crippen LogP) is 1.62. The van der Waals surface area contributed by atoms with Crippen molar-refractivity contribution in [3.05, 3.63) is 18.5 Å². The number of carbonyl (C=O) groups excluding carboxylic acids is 1. The monoisotopic (exact) mass is 262 g/mol. The smallest absolute Gasteiger partial charge is 0.242 e. The van der Waals surface area contributed by atoms with Crippen LogP contribution in [-0.2, 0) is 4.79 Å². The number of rotatable bonds is 5. The Morgan fingerprint density at radius 2 is 2.32 bits per heavy atom. The highest BCUT2D eigenvalue weighted by atomic mass is 16.2. The van der Waals surface area contributed by atoms with Gasteiger partial charge in [-0.3, -0.25) is 9.78 Å². The van der Waals surface area contributed by atoms with Gasteiger partial charge in [-0.15, -0.1) is 0 Å². The second-order valence-electron chi connectivity index (χ2n) is 4.77. The molecule has 1 saturated heterocycles. The van der Waals surface area contributed by atoms with E-state index in [4.69, 9.17) is 0 Å². The molecule has 0 aromatic carbocycles. The zero-order valence-electron chi connectivity index (χ0n) is 11.6. The average Bonchev–Trinajstić information content (AvgIpc) is 2.45. The first-order valence-electron chi connectivity index (χ1n) is 6.99. The van der Waals surface area contributed by atoms with E-state index in [9.17, 15) is 4.79 Å². The molecule has 5 heteroatoms. The number of hydrogen-bond acceptors (Lipinski definition) is 4. The SMILES string of the molecule is CCCNc1cncc(N2CCNC(=O)C2CC)c1. The van der Waals surface area contributed by atoms with E-state index in [0.29, 0.717) is 6.54 Å². The first-order chi connectivity index (χ1) is 9.26. The Hall–Kier alpha value is -1.78. The number of nitrogens with zero attached hydrogens (tertiary/aromatic N) is 2. The molecule has 0 aliphatic carbocycles. The lowest BCUT2D eigenvalue weighted by molar-refractivity contribution is -0.123. The quantitative estimate of drug-likeness (QED) is 0.846. The molecule has 0 spiro atoms. The van der Waals surface area contributed by atoms with Crippen LogP contribution >= 0.6 is 0 Å². The van der Waals surface area contributed by atoms with Crippen LogP contribution in [0, 0.1) is 0 Å². The van der Waals surface area contributed by atoms with E-state index in [2.05, 4.69) is 33.5 Å². The maximum Gasteiger partial charge on any atom is 0.242 e. The summed E-state index contributed by atoms with van der Waals surface area (Å²) >= 11 is 0. The van der Waals surface area contributed by atoms with Crippen LogP contribution in [0.2, 0.25) is 0 Å². The van der Waals surface area contributed by atoms with Gasteiger partial charge in [-0.25, -0.2) is 0 Å². The van der Waals surface area contributed by atoms with Crippen LogP contribution in [-0.4, -0.2) is 36.6 Å².